The molecule has 1 amide bonds. The molecule has 0 unspecified atom stereocenters. The average molecular weight is 403 g/mol. The molecular formula is C20H17N7OS. The van der Waals surface area contributed by atoms with Crippen molar-refractivity contribution in [3.63, 3.8) is 0 Å². The van der Waals surface area contributed by atoms with Crippen LogP contribution in [0.2, 0.25) is 0 Å². The molecule has 5 aromatic rings. The Balaban J connectivity index is 1.29. The van der Waals surface area contributed by atoms with Crippen molar-refractivity contribution >= 4 is 39.4 Å². The summed E-state index contributed by atoms with van der Waals surface area (Å²) in [6, 6.07) is 15.1. The SMILES string of the molecule is Cc1nc2ccccc2n1Cc1csc(CNC(=O)n2nnc3ccccc32)n1. The van der Waals surface area contributed by atoms with E-state index in [1.807, 2.05) is 54.8 Å². The molecule has 1 N–H and O–H groups in total. The summed E-state index contributed by atoms with van der Waals surface area (Å²) in [5.41, 5.74) is 4.37. The molecule has 0 atom stereocenters. The van der Waals surface area contributed by atoms with Crippen LogP contribution in [0.1, 0.15) is 16.5 Å². The minimum absolute atomic E-state index is 0.327. The third-order valence-corrected chi connectivity index (χ3v) is 5.60. The van der Waals surface area contributed by atoms with Gasteiger partial charge in [-0.3, -0.25) is 0 Å². The van der Waals surface area contributed by atoms with Crippen molar-refractivity contribution in [2.45, 2.75) is 20.0 Å². The fraction of sp³-hybridized carbons (Fsp3) is 0.150. The average Bonchev–Trinajstić information content (AvgIpc) is 3.44. The first-order valence-electron chi connectivity index (χ1n) is 9.13. The molecule has 0 radical (unpaired) electrons. The zero-order valence-corrected chi connectivity index (χ0v) is 16.4. The van der Waals surface area contributed by atoms with Gasteiger partial charge in [-0.15, -0.1) is 16.4 Å². The normalized spacial score (nSPS) is 11.3. The molecule has 8 nitrogen and oxygen atoms in total. The van der Waals surface area contributed by atoms with Gasteiger partial charge >= 0.3 is 6.03 Å². The molecule has 2 aromatic carbocycles. The molecule has 0 saturated heterocycles. The predicted molar refractivity (Wildman–Crippen MR) is 111 cm³/mol. The highest BCUT2D eigenvalue weighted by atomic mass is 32.1. The number of amides is 1. The number of nitrogens with one attached hydrogen (secondary N) is 1. The summed E-state index contributed by atoms with van der Waals surface area (Å²) in [5, 5.41) is 13.6. The summed E-state index contributed by atoms with van der Waals surface area (Å²) >= 11 is 1.52. The summed E-state index contributed by atoms with van der Waals surface area (Å²) in [4.78, 5) is 21.7. The van der Waals surface area contributed by atoms with Crippen LogP contribution < -0.4 is 5.32 Å². The summed E-state index contributed by atoms with van der Waals surface area (Å²) in [6.45, 7) is 2.97. The van der Waals surface area contributed by atoms with E-state index in [0.717, 1.165) is 27.6 Å². The predicted octanol–water partition coefficient (Wildman–Crippen LogP) is 3.35. The highest BCUT2D eigenvalue weighted by molar-refractivity contribution is 7.09. The Kier molecular flexibility index (Phi) is 4.28. The lowest BCUT2D eigenvalue weighted by Gasteiger charge is -2.04. The maximum atomic E-state index is 12.5. The van der Waals surface area contributed by atoms with Crippen LogP contribution >= 0.6 is 11.3 Å². The Morgan fingerprint density at radius 3 is 2.66 bits per heavy atom. The zero-order valence-electron chi connectivity index (χ0n) is 15.6. The van der Waals surface area contributed by atoms with Gasteiger partial charge in [-0.2, -0.15) is 4.68 Å². The second kappa shape index (κ2) is 7.10. The van der Waals surface area contributed by atoms with Crippen molar-refractivity contribution in [1.82, 2.24) is 34.8 Å². The summed E-state index contributed by atoms with van der Waals surface area (Å²) in [7, 11) is 0. The first-order chi connectivity index (χ1) is 14.2. The number of thiazole rings is 1. The van der Waals surface area contributed by atoms with E-state index in [2.05, 4.69) is 36.2 Å². The van der Waals surface area contributed by atoms with E-state index >= 15 is 0 Å². The molecule has 3 aromatic heterocycles. The van der Waals surface area contributed by atoms with Gasteiger partial charge in [-0.1, -0.05) is 29.5 Å². The van der Waals surface area contributed by atoms with Crippen molar-refractivity contribution in [3.05, 3.63) is 70.4 Å². The number of fused-ring (bicyclic) bond motifs is 2. The number of aryl methyl sites for hydroxylation is 1. The largest absolute Gasteiger partial charge is 0.344 e. The molecule has 144 valence electrons. The molecule has 5 rings (SSSR count). The van der Waals surface area contributed by atoms with Crippen molar-refractivity contribution in [3.8, 4) is 0 Å². The van der Waals surface area contributed by atoms with Crippen LogP contribution in [0, 0.1) is 6.92 Å². The fourth-order valence-corrected chi connectivity index (χ4v) is 4.03. The number of carbonyl (C=O) groups is 1. The van der Waals surface area contributed by atoms with Crippen LogP contribution in [-0.4, -0.2) is 35.6 Å². The van der Waals surface area contributed by atoms with Gasteiger partial charge in [0, 0.05) is 5.38 Å². The third kappa shape index (κ3) is 3.25. The minimum Gasteiger partial charge on any atom is -0.330 e. The van der Waals surface area contributed by atoms with Crippen LogP contribution in [0.5, 0.6) is 0 Å². The number of para-hydroxylation sites is 3. The molecule has 29 heavy (non-hydrogen) atoms. The number of benzene rings is 2. The lowest BCUT2D eigenvalue weighted by molar-refractivity contribution is 0.239. The second-order valence-electron chi connectivity index (χ2n) is 6.62. The van der Waals surface area contributed by atoms with E-state index in [9.17, 15) is 4.79 Å². The number of aromatic nitrogens is 6. The molecule has 0 aliphatic carbocycles. The van der Waals surface area contributed by atoms with Gasteiger partial charge < -0.3 is 9.88 Å². The van der Waals surface area contributed by atoms with Crippen molar-refractivity contribution < 1.29 is 4.79 Å². The summed E-state index contributed by atoms with van der Waals surface area (Å²) < 4.78 is 3.42. The Morgan fingerprint density at radius 1 is 1.03 bits per heavy atom. The number of imidazole rings is 1. The lowest BCUT2D eigenvalue weighted by atomic mass is 10.3. The van der Waals surface area contributed by atoms with Gasteiger partial charge in [0.15, 0.2) is 0 Å². The molecule has 3 heterocycles. The molecule has 0 aliphatic heterocycles. The van der Waals surface area contributed by atoms with E-state index < -0.39 is 0 Å². The number of rotatable bonds is 4. The highest BCUT2D eigenvalue weighted by Gasteiger charge is 2.13. The van der Waals surface area contributed by atoms with Gasteiger partial charge in [0.2, 0.25) is 0 Å². The molecule has 9 heteroatoms. The minimum atomic E-state index is -0.327. The quantitative estimate of drug-likeness (QED) is 0.497. The zero-order chi connectivity index (χ0) is 19.8. The van der Waals surface area contributed by atoms with Crippen molar-refractivity contribution in [2.75, 3.05) is 0 Å². The topological polar surface area (TPSA) is 90.5 Å². The van der Waals surface area contributed by atoms with Gasteiger partial charge in [-0.25, -0.2) is 14.8 Å². The van der Waals surface area contributed by atoms with E-state index in [0.29, 0.717) is 24.1 Å². The number of nitrogens with zero attached hydrogens (tertiary/aromatic N) is 6. The smallest absolute Gasteiger partial charge is 0.330 e. The van der Waals surface area contributed by atoms with E-state index in [1.54, 1.807) is 0 Å². The Bertz CT molecular complexity index is 1330. The molecule has 0 aliphatic rings. The summed E-state index contributed by atoms with van der Waals surface area (Å²) in [6.07, 6.45) is 0. The molecular weight excluding hydrogens is 386 g/mol. The van der Waals surface area contributed by atoms with Crippen LogP contribution in [0.25, 0.3) is 22.1 Å². The fourth-order valence-electron chi connectivity index (χ4n) is 3.31. The van der Waals surface area contributed by atoms with Crippen LogP contribution in [0.4, 0.5) is 4.79 Å². The van der Waals surface area contributed by atoms with Crippen molar-refractivity contribution in [1.29, 1.82) is 0 Å². The molecule has 0 fully saturated rings. The molecule has 0 saturated carbocycles. The van der Waals surface area contributed by atoms with Gasteiger partial charge in [0.1, 0.15) is 16.3 Å². The second-order valence-corrected chi connectivity index (χ2v) is 7.56. The maximum absolute atomic E-state index is 12.5. The monoisotopic (exact) mass is 403 g/mol. The number of hydrogen-bond acceptors (Lipinski definition) is 6. The number of hydrogen-bond donors (Lipinski definition) is 1. The van der Waals surface area contributed by atoms with Gasteiger partial charge in [0.05, 0.1) is 35.3 Å². The Morgan fingerprint density at radius 2 is 1.79 bits per heavy atom. The summed E-state index contributed by atoms with van der Waals surface area (Å²) in [5.74, 6) is 0.951. The van der Waals surface area contributed by atoms with Crippen LogP contribution in [-0.2, 0) is 13.1 Å². The maximum Gasteiger partial charge on any atom is 0.344 e. The molecule has 0 spiro atoms. The lowest BCUT2D eigenvalue weighted by Crippen LogP contribution is -2.28. The van der Waals surface area contributed by atoms with Gasteiger partial charge in [-0.05, 0) is 31.2 Å². The first-order valence-corrected chi connectivity index (χ1v) is 10.0. The van der Waals surface area contributed by atoms with E-state index in [4.69, 9.17) is 0 Å². The van der Waals surface area contributed by atoms with Gasteiger partial charge in [0.25, 0.3) is 0 Å². The Labute approximate surface area is 169 Å². The van der Waals surface area contributed by atoms with E-state index in [1.165, 1.54) is 16.0 Å². The highest BCUT2D eigenvalue weighted by Crippen LogP contribution is 2.18. The van der Waals surface area contributed by atoms with Crippen LogP contribution in [0.3, 0.4) is 0 Å². The number of carbonyl (C=O) groups excluding carboxylic acids is 1. The molecule has 0 bridgehead atoms. The Hall–Kier alpha value is -3.59. The first kappa shape index (κ1) is 17.5. The standard InChI is InChI=1S/C20H17N7OS/c1-13-22-15-6-2-4-8-17(15)26(13)11-14-12-29-19(23-14)10-21-20(28)27-18-9-5-3-7-16(18)24-25-27/h2-9,12H,10-11H2,1H3,(H,21,28). The van der Waals surface area contributed by atoms with Crippen molar-refractivity contribution in [2.24, 2.45) is 0 Å². The van der Waals surface area contributed by atoms with Crippen LogP contribution in [0.15, 0.2) is 53.9 Å². The van der Waals surface area contributed by atoms with E-state index in [-0.39, 0.29) is 6.03 Å². The third-order valence-electron chi connectivity index (χ3n) is 4.70.